The van der Waals surface area contributed by atoms with Crippen LogP contribution < -0.4 is 16.2 Å². The summed E-state index contributed by atoms with van der Waals surface area (Å²) in [6, 6.07) is 10.3. The third-order valence-corrected chi connectivity index (χ3v) is 3.15. The lowest BCUT2D eigenvalue weighted by Gasteiger charge is -2.11. The molecule has 0 aromatic heterocycles. The van der Waals surface area contributed by atoms with E-state index in [2.05, 4.69) is 15.9 Å². The number of amides is 1. The number of aryl methyl sites for hydroxylation is 1. The summed E-state index contributed by atoms with van der Waals surface area (Å²) in [6.45, 7) is 1.92. The van der Waals surface area contributed by atoms with Crippen LogP contribution in [0.3, 0.4) is 0 Å². The van der Waals surface area contributed by atoms with Crippen LogP contribution in [0.1, 0.15) is 15.9 Å². The minimum Gasteiger partial charge on any atom is -0.455 e. The fraction of sp³-hybridized carbons (Fsp3) is 0.0714. The van der Waals surface area contributed by atoms with Crippen molar-refractivity contribution < 1.29 is 9.53 Å². The molecule has 19 heavy (non-hydrogen) atoms. The first-order valence-electron chi connectivity index (χ1n) is 5.60. The van der Waals surface area contributed by atoms with E-state index in [0.29, 0.717) is 22.7 Å². The van der Waals surface area contributed by atoms with Gasteiger partial charge in [0.25, 0.3) is 0 Å². The van der Waals surface area contributed by atoms with Crippen LogP contribution in [0.2, 0.25) is 0 Å². The third kappa shape index (κ3) is 3.06. The molecule has 0 bridgehead atoms. The van der Waals surface area contributed by atoms with Crippen molar-refractivity contribution in [3.8, 4) is 11.5 Å². The number of primary amides is 1. The number of ether oxygens (including phenoxy) is 1. The number of halogens is 1. The van der Waals surface area contributed by atoms with Crippen LogP contribution in [-0.4, -0.2) is 5.91 Å². The number of rotatable bonds is 3. The fourth-order valence-corrected chi connectivity index (χ4v) is 2.10. The standard InChI is InChI=1S/C14H13BrN2O2/c1-8-6-10(15)3-5-12(8)19-13-7-9(14(17)18)2-4-11(13)16/h2-7H,16H2,1H3,(H2,17,18). The van der Waals surface area contributed by atoms with Gasteiger partial charge >= 0.3 is 0 Å². The van der Waals surface area contributed by atoms with Crippen LogP contribution in [0.4, 0.5) is 5.69 Å². The van der Waals surface area contributed by atoms with Crippen molar-refractivity contribution in [2.45, 2.75) is 6.92 Å². The van der Waals surface area contributed by atoms with Crippen LogP contribution >= 0.6 is 15.9 Å². The molecule has 0 radical (unpaired) electrons. The van der Waals surface area contributed by atoms with Crippen molar-refractivity contribution >= 4 is 27.5 Å². The van der Waals surface area contributed by atoms with Gasteiger partial charge in [-0.05, 0) is 48.9 Å². The molecule has 2 aromatic rings. The van der Waals surface area contributed by atoms with Crippen molar-refractivity contribution in [3.63, 3.8) is 0 Å². The quantitative estimate of drug-likeness (QED) is 0.852. The molecule has 5 heteroatoms. The Hall–Kier alpha value is -2.01. The summed E-state index contributed by atoms with van der Waals surface area (Å²) in [6.07, 6.45) is 0. The maximum absolute atomic E-state index is 11.1. The number of hydrogen-bond donors (Lipinski definition) is 2. The molecule has 1 amide bonds. The van der Waals surface area contributed by atoms with E-state index >= 15 is 0 Å². The van der Waals surface area contributed by atoms with Gasteiger partial charge in [-0.25, -0.2) is 0 Å². The minimum absolute atomic E-state index is 0.360. The molecule has 2 aromatic carbocycles. The summed E-state index contributed by atoms with van der Waals surface area (Å²) < 4.78 is 6.70. The normalized spacial score (nSPS) is 10.2. The first-order chi connectivity index (χ1) is 8.97. The van der Waals surface area contributed by atoms with Crippen LogP contribution in [0.5, 0.6) is 11.5 Å². The Bertz CT molecular complexity index is 641. The van der Waals surface area contributed by atoms with Gasteiger partial charge in [0.2, 0.25) is 5.91 Å². The molecule has 0 saturated heterocycles. The molecule has 98 valence electrons. The first kappa shape index (κ1) is 13.4. The molecule has 0 atom stereocenters. The van der Waals surface area contributed by atoms with Gasteiger partial charge in [0.1, 0.15) is 5.75 Å². The second-order valence-electron chi connectivity index (χ2n) is 4.13. The van der Waals surface area contributed by atoms with Crippen molar-refractivity contribution in [2.24, 2.45) is 5.73 Å². The van der Waals surface area contributed by atoms with E-state index < -0.39 is 5.91 Å². The maximum atomic E-state index is 11.1. The summed E-state index contributed by atoms with van der Waals surface area (Å²) in [5.41, 5.74) is 12.8. The zero-order valence-corrected chi connectivity index (χ0v) is 11.9. The van der Waals surface area contributed by atoms with E-state index in [1.807, 2.05) is 25.1 Å². The second-order valence-corrected chi connectivity index (χ2v) is 5.04. The molecular formula is C14H13BrN2O2. The summed E-state index contributed by atoms with van der Waals surface area (Å²) in [5, 5.41) is 0. The van der Waals surface area contributed by atoms with Crippen molar-refractivity contribution in [1.29, 1.82) is 0 Å². The molecule has 0 aliphatic heterocycles. The molecule has 0 saturated carbocycles. The van der Waals surface area contributed by atoms with Gasteiger partial charge < -0.3 is 16.2 Å². The van der Waals surface area contributed by atoms with Gasteiger partial charge in [0.15, 0.2) is 5.75 Å². The number of nitrogens with two attached hydrogens (primary N) is 2. The monoisotopic (exact) mass is 320 g/mol. The fourth-order valence-electron chi connectivity index (χ4n) is 1.62. The predicted molar refractivity (Wildman–Crippen MR) is 78.3 cm³/mol. The van der Waals surface area contributed by atoms with E-state index in [1.165, 1.54) is 0 Å². The molecule has 0 heterocycles. The summed E-state index contributed by atoms with van der Waals surface area (Å²) >= 11 is 3.39. The van der Waals surface area contributed by atoms with Gasteiger partial charge in [0.05, 0.1) is 5.69 Å². The SMILES string of the molecule is Cc1cc(Br)ccc1Oc1cc(C(N)=O)ccc1N. The number of carbonyl (C=O) groups excluding carboxylic acids is 1. The Balaban J connectivity index is 2.37. The summed E-state index contributed by atoms with van der Waals surface area (Å²) in [4.78, 5) is 11.1. The largest absolute Gasteiger partial charge is 0.455 e. The van der Waals surface area contributed by atoms with Crippen molar-refractivity contribution in [3.05, 3.63) is 52.0 Å². The lowest BCUT2D eigenvalue weighted by atomic mass is 10.1. The molecule has 4 N–H and O–H groups in total. The first-order valence-corrected chi connectivity index (χ1v) is 6.40. The van der Waals surface area contributed by atoms with Crippen LogP contribution in [0, 0.1) is 6.92 Å². The zero-order valence-electron chi connectivity index (χ0n) is 10.3. The molecule has 0 aliphatic rings. The molecule has 0 spiro atoms. The number of nitrogen functional groups attached to an aromatic ring is 1. The molecule has 0 fully saturated rings. The van der Waals surface area contributed by atoms with Gasteiger partial charge in [0, 0.05) is 10.0 Å². The van der Waals surface area contributed by atoms with Gasteiger partial charge in [-0.3, -0.25) is 4.79 Å². The summed E-state index contributed by atoms with van der Waals surface area (Å²) in [5.74, 6) is 0.579. The lowest BCUT2D eigenvalue weighted by molar-refractivity contribution is 0.1000. The highest BCUT2D eigenvalue weighted by atomic mass is 79.9. The van der Waals surface area contributed by atoms with Gasteiger partial charge in [-0.2, -0.15) is 0 Å². The smallest absolute Gasteiger partial charge is 0.248 e. The van der Waals surface area contributed by atoms with Crippen LogP contribution in [-0.2, 0) is 0 Å². The van der Waals surface area contributed by atoms with E-state index in [-0.39, 0.29) is 0 Å². The Labute approximate surface area is 119 Å². The topological polar surface area (TPSA) is 78.3 Å². The average Bonchev–Trinajstić information content (AvgIpc) is 2.34. The highest BCUT2D eigenvalue weighted by Gasteiger charge is 2.09. The van der Waals surface area contributed by atoms with Crippen LogP contribution in [0.15, 0.2) is 40.9 Å². The Morgan fingerprint density at radius 2 is 1.89 bits per heavy atom. The molecule has 4 nitrogen and oxygen atoms in total. The maximum Gasteiger partial charge on any atom is 0.248 e. The highest BCUT2D eigenvalue weighted by Crippen LogP contribution is 2.31. The molecule has 0 unspecified atom stereocenters. The van der Waals surface area contributed by atoms with Crippen molar-refractivity contribution in [1.82, 2.24) is 0 Å². The highest BCUT2D eigenvalue weighted by molar-refractivity contribution is 9.10. The Morgan fingerprint density at radius 3 is 2.53 bits per heavy atom. The van der Waals surface area contributed by atoms with Gasteiger partial charge in [-0.15, -0.1) is 0 Å². The number of hydrogen-bond acceptors (Lipinski definition) is 3. The second kappa shape index (κ2) is 5.32. The number of benzene rings is 2. The van der Waals surface area contributed by atoms with E-state index in [1.54, 1.807) is 18.2 Å². The molecule has 0 aliphatic carbocycles. The minimum atomic E-state index is -0.516. The zero-order chi connectivity index (χ0) is 14.0. The van der Waals surface area contributed by atoms with E-state index in [0.717, 1.165) is 10.0 Å². The number of anilines is 1. The Morgan fingerprint density at radius 1 is 1.16 bits per heavy atom. The lowest BCUT2D eigenvalue weighted by Crippen LogP contribution is -2.11. The predicted octanol–water partition coefficient (Wildman–Crippen LogP) is 3.23. The summed E-state index contributed by atoms with van der Waals surface area (Å²) in [7, 11) is 0. The molecular weight excluding hydrogens is 308 g/mol. The number of carbonyl (C=O) groups is 1. The van der Waals surface area contributed by atoms with E-state index in [9.17, 15) is 4.79 Å². The molecule has 2 rings (SSSR count). The van der Waals surface area contributed by atoms with E-state index in [4.69, 9.17) is 16.2 Å². The van der Waals surface area contributed by atoms with Crippen LogP contribution in [0.25, 0.3) is 0 Å². The third-order valence-electron chi connectivity index (χ3n) is 2.65. The Kier molecular flexibility index (Phi) is 3.76. The average molecular weight is 321 g/mol. The van der Waals surface area contributed by atoms with Crippen molar-refractivity contribution in [2.75, 3.05) is 5.73 Å². The van der Waals surface area contributed by atoms with Gasteiger partial charge in [-0.1, -0.05) is 15.9 Å².